The molecule has 10 nitrogen and oxygen atoms in total. The van der Waals surface area contributed by atoms with Crippen LogP contribution in [0, 0.1) is 0 Å². The van der Waals surface area contributed by atoms with Gasteiger partial charge in [-0.1, -0.05) is 0 Å². The Kier molecular flexibility index (Phi) is 6.43. The molecule has 0 amide bonds. The molecule has 1 N–H and O–H groups in total. The number of fused-ring (bicyclic) bond motifs is 2. The van der Waals surface area contributed by atoms with E-state index in [0.29, 0.717) is 4.90 Å². The third-order valence-electron chi connectivity index (χ3n) is 5.08. The van der Waals surface area contributed by atoms with Crippen LogP contribution in [0.15, 0.2) is 51.8 Å². The molecular weight excluding hydrogens is 460 g/mol. The number of furan rings is 1. The third-order valence-corrected chi connectivity index (χ3v) is 6.61. The maximum Gasteiger partial charge on any atom is 0.397 e. The van der Waals surface area contributed by atoms with Crippen molar-refractivity contribution in [3.05, 3.63) is 48.2 Å². The van der Waals surface area contributed by atoms with E-state index in [9.17, 15) is 16.8 Å². The number of methoxy groups -OCH3 is 1. The van der Waals surface area contributed by atoms with Crippen molar-refractivity contribution in [1.29, 1.82) is 0 Å². The minimum Gasteiger partial charge on any atom is -0.497 e. The zero-order chi connectivity index (χ0) is 23.8. The predicted octanol–water partition coefficient (Wildman–Crippen LogP) is 2.87. The fourth-order valence-electron chi connectivity index (χ4n) is 3.51. The first-order valence-electron chi connectivity index (χ1n) is 9.26. The summed E-state index contributed by atoms with van der Waals surface area (Å²) < 4.78 is 64.8. The quantitative estimate of drug-likeness (QED) is 0.552. The number of benzene rings is 2. The van der Waals surface area contributed by atoms with Gasteiger partial charge in [-0.15, -0.1) is 0 Å². The van der Waals surface area contributed by atoms with E-state index in [1.165, 1.54) is 6.26 Å². The van der Waals surface area contributed by atoms with Gasteiger partial charge in [0, 0.05) is 31.8 Å². The molecule has 1 aliphatic rings. The van der Waals surface area contributed by atoms with E-state index < -0.39 is 20.2 Å². The Labute approximate surface area is 186 Å². The topological polar surface area (TPSA) is 127 Å². The average Bonchev–Trinajstić information content (AvgIpc) is 3.24. The van der Waals surface area contributed by atoms with Crippen molar-refractivity contribution in [2.75, 3.05) is 44.4 Å². The largest absolute Gasteiger partial charge is 0.497 e. The summed E-state index contributed by atoms with van der Waals surface area (Å²) in [5.41, 5.74) is 2.58. The molecule has 2 aromatic carbocycles. The smallest absolute Gasteiger partial charge is 0.397 e. The summed E-state index contributed by atoms with van der Waals surface area (Å²) in [5, 5.41) is 0.996. The highest BCUT2D eigenvalue weighted by Crippen LogP contribution is 2.46. The van der Waals surface area contributed by atoms with E-state index in [0.717, 1.165) is 41.0 Å². The summed E-state index contributed by atoms with van der Waals surface area (Å²) in [6.45, 7) is 0. The molecule has 2 heterocycles. The molecule has 3 aromatic rings. The average molecular weight is 485 g/mol. The van der Waals surface area contributed by atoms with Gasteiger partial charge in [0.05, 0.1) is 30.5 Å². The molecule has 0 bridgehead atoms. The minimum absolute atomic E-state index is 0.154. The zero-order valence-corrected chi connectivity index (χ0v) is 19.8. The summed E-state index contributed by atoms with van der Waals surface area (Å²) in [7, 11) is -1.01. The van der Waals surface area contributed by atoms with Gasteiger partial charge in [0.2, 0.25) is 0 Å². The van der Waals surface area contributed by atoms with E-state index in [1.54, 1.807) is 19.2 Å². The lowest BCUT2D eigenvalue weighted by molar-refractivity contribution is 0.324. The molecular formula is C20H24N2O8S2. The minimum atomic E-state index is -4.16. The summed E-state index contributed by atoms with van der Waals surface area (Å²) in [5.74, 6) is 1.53. The third kappa shape index (κ3) is 4.83. The Morgan fingerprint density at radius 2 is 1.56 bits per heavy atom. The number of hydrogen-bond acceptors (Lipinski definition) is 9. The van der Waals surface area contributed by atoms with Gasteiger partial charge in [-0.25, -0.2) is 8.42 Å². The molecule has 0 spiro atoms. The molecule has 0 radical (unpaired) electrons. The van der Waals surface area contributed by atoms with Gasteiger partial charge in [-0.3, -0.25) is 8.74 Å². The first kappa shape index (κ1) is 23.9. The lowest BCUT2D eigenvalue weighted by Crippen LogP contribution is -2.30. The van der Waals surface area contributed by atoms with Crippen LogP contribution in [0.1, 0.15) is 11.9 Å². The van der Waals surface area contributed by atoms with Gasteiger partial charge in [0.1, 0.15) is 17.1 Å². The highest BCUT2D eigenvalue weighted by Gasteiger charge is 2.35. The van der Waals surface area contributed by atoms with Gasteiger partial charge >= 0.3 is 10.4 Å². The molecule has 1 unspecified atom stereocenters. The van der Waals surface area contributed by atoms with Crippen molar-refractivity contribution >= 4 is 42.6 Å². The van der Waals surface area contributed by atoms with E-state index in [2.05, 4.69) is 9.08 Å². The van der Waals surface area contributed by atoms with Crippen molar-refractivity contribution in [2.45, 2.75) is 11.1 Å². The standard InChI is InChI=1S/C19H20N2O4S.CH4O4S/c1-20-15-8-7-14(26(4,22)23)11-16(15)21(2)19(20)18-9-12-5-6-13(24-3)10-17(12)25-18;1-5-6(2,3)4/h5-11,19H,1-4H3;1H3,(H,2,3,4). The maximum absolute atomic E-state index is 11.9. The fraction of sp³-hybridized carbons (Fsp3) is 0.300. The van der Waals surface area contributed by atoms with Gasteiger partial charge in [-0.05, 0) is 36.4 Å². The molecule has 1 aliphatic heterocycles. The molecule has 12 heteroatoms. The summed E-state index contributed by atoms with van der Waals surface area (Å²) in [6.07, 6.45) is 1.07. The number of nitrogens with zero attached hydrogens (tertiary/aromatic N) is 2. The number of anilines is 2. The summed E-state index contributed by atoms with van der Waals surface area (Å²) >= 11 is 0. The van der Waals surface area contributed by atoms with Crippen LogP contribution in [0.5, 0.6) is 5.75 Å². The lowest BCUT2D eigenvalue weighted by Gasteiger charge is -2.25. The molecule has 1 atom stereocenters. The molecule has 0 aliphatic carbocycles. The molecule has 174 valence electrons. The second-order valence-corrected chi connectivity index (χ2v) is 10.4. The highest BCUT2D eigenvalue weighted by atomic mass is 32.3. The number of rotatable bonds is 4. The Morgan fingerprint density at radius 1 is 0.938 bits per heavy atom. The van der Waals surface area contributed by atoms with Crippen molar-refractivity contribution < 1.29 is 34.7 Å². The van der Waals surface area contributed by atoms with Gasteiger partial charge in [0.25, 0.3) is 0 Å². The van der Waals surface area contributed by atoms with Crippen LogP contribution < -0.4 is 14.5 Å². The molecule has 1 aromatic heterocycles. The molecule has 0 fully saturated rings. The highest BCUT2D eigenvalue weighted by molar-refractivity contribution is 7.90. The monoisotopic (exact) mass is 484 g/mol. The van der Waals surface area contributed by atoms with Gasteiger partial charge < -0.3 is 19.0 Å². The summed E-state index contributed by atoms with van der Waals surface area (Å²) in [4.78, 5) is 4.42. The van der Waals surface area contributed by atoms with Crippen molar-refractivity contribution in [3.63, 3.8) is 0 Å². The van der Waals surface area contributed by atoms with E-state index in [4.69, 9.17) is 13.7 Å². The zero-order valence-electron chi connectivity index (χ0n) is 18.1. The molecule has 0 saturated carbocycles. The Balaban J connectivity index is 0.000000427. The van der Waals surface area contributed by atoms with Crippen LogP contribution in [0.2, 0.25) is 0 Å². The molecule has 4 rings (SSSR count). The molecule has 0 saturated heterocycles. The Hall–Kier alpha value is -2.80. The number of ether oxygens (including phenoxy) is 1. The Bertz CT molecular complexity index is 1350. The maximum atomic E-state index is 11.9. The van der Waals surface area contributed by atoms with Crippen LogP contribution in [0.3, 0.4) is 0 Å². The van der Waals surface area contributed by atoms with Crippen LogP contribution in [0.25, 0.3) is 11.0 Å². The van der Waals surface area contributed by atoms with Crippen molar-refractivity contribution in [2.24, 2.45) is 0 Å². The number of sulfone groups is 1. The van der Waals surface area contributed by atoms with E-state index in [-0.39, 0.29) is 6.17 Å². The lowest BCUT2D eigenvalue weighted by atomic mass is 10.2. The fourth-order valence-corrected chi connectivity index (χ4v) is 4.15. The number of hydrogen-bond donors (Lipinski definition) is 1. The first-order valence-corrected chi connectivity index (χ1v) is 12.5. The van der Waals surface area contributed by atoms with Crippen molar-refractivity contribution in [1.82, 2.24) is 0 Å². The Morgan fingerprint density at radius 3 is 2.12 bits per heavy atom. The van der Waals surface area contributed by atoms with Crippen LogP contribution in [0.4, 0.5) is 11.4 Å². The van der Waals surface area contributed by atoms with Crippen molar-refractivity contribution in [3.8, 4) is 5.75 Å². The van der Waals surface area contributed by atoms with Crippen LogP contribution in [-0.2, 0) is 24.4 Å². The normalized spacial score (nSPS) is 16.0. The molecule has 32 heavy (non-hydrogen) atoms. The second-order valence-electron chi connectivity index (χ2n) is 7.17. The van der Waals surface area contributed by atoms with Gasteiger partial charge in [0.15, 0.2) is 16.0 Å². The van der Waals surface area contributed by atoms with E-state index >= 15 is 0 Å². The van der Waals surface area contributed by atoms with Crippen LogP contribution in [-0.4, -0.2) is 56.0 Å². The first-order chi connectivity index (χ1) is 14.9. The second kappa shape index (κ2) is 8.62. The van der Waals surface area contributed by atoms with Crippen LogP contribution >= 0.6 is 0 Å². The van der Waals surface area contributed by atoms with E-state index in [1.807, 2.05) is 49.3 Å². The predicted molar refractivity (Wildman–Crippen MR) is 120 cm³/mol. The van der Waals surface area contributed by atoms with Gasteiger partial charge in [-0.2, -0.15) is 8.42 Å². The summed E-state index contributed by atoms with van der Waals surface area (Å²) in [6, 6.07) is 12.9. The SMILES string of the molecule is COS(=O)(=O)O.COc1ccc2cc(C3N(C)c4ccc(S(C)(=O)=O)cc4N3C)oc2c1.